The SMILES string of the molecule is CCc1cc(OC(C(=O)O)C(C)(C)C)cc(Cc2cc(OC(=O)OC(C)(C)C)cc(Cc3cc(OC(=O)OC(C)(C)C)cc(Cc4cc(OC(=O)OC(C)(C)C)cc(Cc5cc(OC(=O)OC(C)(C)C)cc(Cc6cc(OC(=O)OC(C)(C)C)cc(Cc7cc(OC(=O)OC(C)(C)C)cc(Cc8cc(OC(=O)OC(C)(C)C)ccc8OC)c7OC)c6OC)c5OC)c4OC)c3OC)c2OC)c1OC. The Bertz CT molecular complexity index is 5720. The summed E-state index contributed by atoms with van der Waals surface area (Å²) in [6, 6.07) is 27.1. The number of carbonyl (C=O) groups is 8. The molecule has 32 nitrogen and oxygen atoms in total. The third kappa shape index (κ3) is 32.8. The van der Waals surface area contributed by atoms with Crippen LogP contribution in [0.25, 0.3) is 0 Å². The third-order valence-electron chi connectivity index (χ3n) is 19.6. The van der Waals surface area contributed by atoms with Crippen LogP contribution in [0.1, 0.15) is 257 Å². The standard InChI is InChI=1S/C106H134O32/c1-34-59-44-75(124-90(91(107)108)99(2,3)4)46-62(83(59)117-27)38-63-48-77(127-94(111)134-102(11,12)13)51-66(85(63)119-29)40-67-52-79(129-96(113)136-104(17,18)19)55-70(87(67)121-31)42-71-56-81(131-98(115)138-106(23,24)25)58-73(89(71)123-33)43-72-57-80(130-97(114)137-105(20,21)22)54-69(88(72)122-32)41-68-53-78(128-95(112)135-103(14,15)16)50-65(86(68)120-30)39-64-49-76(126-93(110)133-101(8,9)10)47-61(84(64)118-28)37-60-45-74(35-36-82(60)116-26)125-92(109)132-100(5,6)7/h35-36,44-58,90H,34,37-43H2,1-33H3,(H,107,108). The van der Waals surface area contributed by atoms with E-state index in [4.69, 9.17) is 109 Å². The largest absolute Gasteiger partial charge is 0.514 e. The number of aliphatic carboxylic acids is 1. The molecule has 0 amide bonds. The van der Waals surface area contributed by atoms with Gasteiger partial charge in [0, 0.05) is 128 Å². The maximum Gasteiger partial charge on any atom is 0.514 e. The monoisotopic (exact) mass is 1920 g/mol. The number of ether oxygens (including phenoxy) is 23. The first-order chi connectivity index (χ1) is 64.0. The number of carboxylic acids is 1. The Morgan fingerprint density at radius 1 is 0.232 bits per heavy atom. The van der Waals surface area contributed by atoms with Crippen LogP contribution in [-0.2, 0) is 89.3 Å². The quantitative estimate of drug-likeness (QED) is 0.0227. The van der Waals surface area contributed by atoms with Gasteiger partial charge in [-0.05, 0) is 261 Å². The van der Waals surface area contributed by atoms with Crippen molar-refractivity contribution in [2.24, 2.45) is 5.41 Å². The smallest absolute Gasteiger partial charge is 0.496 e. The van der Waals surface area contributed by atoms with Crippen molar-refractivity contribution >= 4 is 49.1 Å². The van der Waals surface area contributed by atoms with Gasteiger partial charge >= 0.3 is 49.1 Å². The molecule has 32 heteroatoms. The van der Waals surface area contributed by atoms with E-state index in [1.165, 1.54) is 56.9 Å². The normalized spacial score (nSPS) is 12.1. The molecule has 0 aliphatic carbocycles. The highest BCUT2D eigenvalue weighted by Gasteiger charge is 2.37. The molecule has 750 valence electrons. The van der Waals surface area contributed by atoms with Crippen molar-refractivity contribution in [1.82, 2.24) is 0 Å². The number of hydrogen-bond acceptors (Lipinski definition) is 31. The van der Waals surface area contributed by atoms with E-state index in [0.29, 0.717) is 101 Å². The molecule has 8 rings (SSSR count). The molecule has 0 fully saturated rings. The van der Waals surface area contributed by atoms with Gasteiger partial charge < -0.3 is 114 Å². The van der Waals surface area contributed by atoms with E-state index in [2.05, 4.69) is 0 Å². The van der Waals surface area contributed by atoms with Crippen LogP contribution in [0, 0.1) is 5.41 Å². The van der Waals surface area contributed by atoms with Gasteiger partial charge in [0.15, 0.2) is 6.10 Å². The Morgan fingerprint density at radius 3 is 0.565 bits per heavy atom. The molecule has 0 aromatic heterocycles. The summed E-state index contributed by atoms with van der Waals surface area (Å²) in [6.07, 6.45) is -8.91. The second kappa shape index (κ2) is 45.1. The molecule has 0 aliphatic heterocycles. The number of rotatable bonds is 33. The highest BCUT2D eigenvalue weighted by atomic mass is 16.8. The summed E-state index contributed by atoms with van der Waals surface area (Å²) in [5, 5.41) is 10.4. The molecule has 8 aromatic rings. The topological polar surface area (TPSA) is 369 Å². The van der Waals surface area contributed by atoms with Crippen molar-refractivity contribution in [1.29, 1.82) is 0 Å². The number of methoxy groups -OCH3 is 8. The molecule has 0 heterocycles. The van der Waals surface area contributed by atoms with Crippen LogP contribution >= 0.6 is 0 Å². The van der Waals surface area contributed by atoms with Crippen LogP contribution in [0.15, 0.2) is 103 Å². The Labute approximate surface area is 808 Å². The molecule has 0 radical (unpaired) electrons. The van der Waals surface area contributed by atoms with Gasteiger partial charge in [-0.2, -0.15) is 0 Å². The first-order valence-corrected chi connectivity index (χ1v) is 44.8. The minimum Gasteiger partial charge on any atom is -0.496 e. The van der Waals surface area contributed by atoms with E-state index in [0.717, 1.165) is 0 Å². The molecule has 138 heavy (non-hydrogen) atoms. The van der Waals surface area contributed by atoms with Crippen LogP contribution in [-0.4, -0.2) is 156 Å². The van der Waals surface area contributed by atoms with E-state index in [9.17, 15) is 43.5 Å². The summed E-state index contributed by atoms with van der Waals surface area (Å²) in [5.41, 5.74) is -1.75. The molecule has 1 N–H and O–H groups in total. The van der Waals surface area contributed by atoms with Crippen LogP contribution < -0.4 is 75.8 Å². The zero-order valence-corrected chi connectivity index (χ0v) is 85.7. The van der Waals surface area contributed by atoms with E-state index in [1.54, 1.807) is 269 Å². The van der Waals surface area contributed by atoms with Crippen LogP contribution in [0.5, 0.6) is 92.0 Å². The Morgan fingerprint density at radius 2 is 0.399 bits per heavy atom. The van der Waals surface area contributed by atoms with E-state index >= 15 is 0 Å². The molecular weight excluding hydrogens is 1790 g/mol. The fourth-order valence-electron chi connectivity index (χ4n) is 15.0. The van der Waals surface area contributed by atoms with Crippen molar-refractivity contribution in [3.8, 4) is 92.0 Å². The molecule has 1 unspecified atom stereocenters. The fraction of sp³-hybridized carbons (Fsp3) is 0.472. The zero-order chi connectivity index (χ0) is 103. The second-order valence-corrected chi connectivity index (χ2v) is 40.7. The number of hydrogen-bond donors (Lipinski definition) is 1. The third-order valence-corrected chi connectivity index (χ3v) is 19.6. The maximum absolute atomic E-state index is 14.2. The molecule has 0 bridgehead atoms. The van der Waals surface area contributed by atoms with Crippen molar-refractivity contribution in [2.75, 3.05) is 56.9 Å². The summed E-state index contributed by atoms with van der Waals surface area (Å²) in [6.45, 7) is 42.5. The first kappa shape index (κ1) is 110. The van der Waals surface area contributed by atoms with Gasteiger partial charge in [-0.25, -0.2) is 38.4 Å². The molecule has 8 aromatic carbocycles. The van der Waals surface area contributed by atoms with Crippen LogP contribution in [0.4, 0.5) is 33.6 Å². The molecule has 0 aliphatic rings. The Balaban J connectivity index is 1.38. The lowest BCUT2D eigenvalue weighted by molar-refractivity contribution is -0.150. The fourth-order valence-corrected chi connectivity index (χ4v) is 15.0. The minimum atomic E-state index is -1.26. The molecule has 1 atom stereocenters. The summed E-state index contributed by atoms with van der Waals surface area (Å²) < 4.78 is 139. The van der Waals surface area contributed by atoms with Gasteiger partial charge in [0.05, 0.1) is 56.9 Å². The van der Waals surface area contributed by atoms with E-state index in [1.807, 2.05) is 6.92 Å². The molecular formula is C106H134O32. The number of benzene rings is 8. The Kier molecular flexibility index (Phi) is 35.8. The minimum absolute atomic E-state index is 0.00883. The summed E-state index contributed by atoms with van der Waals surface area (Å²) in [7, 11) is 11.7. The average Bonchev–Trinajstić information content (AvgIpc) is 0.778. The lowest BCUT2D eigenvalue weighted by Crippen LogP contribution is -2.39. The highest BCUT2D eigenvalue weighted by Crippen LogP contribution is 2.47. The van der Waals surface area contributed by atoms with Gasteiger partial charge in [-0.1, -0.05) is 27.7 Å². The van der Waals surface area contributed by atoms with Gasteiger partial charge in [-0.15, -0.1) is 0 Å². The van der Waals surface area contributed by atoms with Gasteiger partial charge in [0.25, 0.3) is 0 Å². The van der Waals surface area contributed by atoms with Crippen molar-refractivity contribution in [2.45, 2.75) is 270 Å². The van der Waals surface area contributed by atoms with E-state index in [-0.39, 0.29) is 125 Å². The molecule has 0 spiro atoms. The predicted molar refractivity (Wildman–Crippen MR) is 513 cm³/mol. The number of aryl methyl sites for hydroxylation is 1. The van der Waals surface area contributed by atoms with E-state index < -0.39 is 99.8 Å². The average molecular weight is 1920 g/mol. The second-order valence-electron chi connectivity index (χ2n) is 40.7. The van der Waals surface area contributed by atoms with Gasteiger partial charge in [0.2, 0.25) is 0 Å². The number of carboxylic acid groups (broad SMARTS) is 1. The molecule has 0 saturated heterocycles. The van der Waals surface area contributed by atoms with Crippen molar-refractivity contribution < 1.29 is 152 Å². The lowest BCUT2D eigenvalue weighted by atomic mass is 9.89. The zero-order valence-electron chi connectivity index (χ0n) is 85.7. The van der Waals surface area contributed by atoms with Crippen LogP contribution in [0.2, 0.25) is 0 Å². The number of carbonyl (C=O) groups excluding carboxylic acids is 7. The van der Waals surface area contributed by atoms with Crippen LogP contribution in [0.3, 0.4) is 0 Å². The van der Waals surface area contributed by atoms with Gasteiger partial charge in [-0.3, -0.25) is 0 Å². The predicted octanol–water partition coefficient (Wildman–Crippen LogP) is 23.5. The maximum atomic E-state index is 14.2. The molecule has 0 saturated carbocycles. The summed E-state index contributed by atoms with van der Waals surface area (Å²) in [5.74, 6) is 1.30. The van der Waals surface area contributed by atoms with Gasteiger partial charge in [0.1, 0.15) is 131 Å². The first-order valence-electron chi connectivity index (χ1n) is 44.8. The highest BCUT2D eigenvalue weighted by molar-refractivity contribution is 5.75. The Hall–Kier alpha value is -13.7. The van der Waals surface area contributed by atoms with Crippen molar-refractivity contribution in [3.05, 3.63) is 187 Å². The summed E-state index contributed by atoms with van der Waals surface area (Å²) in [4.78, 5) is 110. The summed E-state index contributed by atoms with van der Waals surface area (Å²) >= 11 is 0. The lowest BCUT2D eigenvalue weighted by Gasteiger charge is -2.28. The van der Waals surface area contributed by atoms with Crippen molar-refractivity contribution in [3.63, 3.8) is 0 Å².